The number of carbonyl (C=O) groups is 2. The topological polar surface area (TPSA) is 111 Å². The number of para-hydroxylation sites is 1. The van der Waals surface area contributed by atoms with Gasteiger partial charge in [-0.05, 0) is 24.3 Å². The number of hydrogen-bond donors (Lipinski definition) is 2. The number of amides is 2. The number of benzene rings is 2. The number of hydrazine groups is 1. The fourth-order valence-corrected chi connectivity index (χ4v) is 1.73. The number of halogens is 2. The van der Waals surface area contributed by atoms with Crippen LogP contribution in [0, 0.1) is 21.7 Å². The molecule has 0 aliphatic heterocycles. The van der Waals surface area contributed by atoms with E-state index in [0.29, 0.717) is 0 Å². The Balaban J connectivity index is 1.89. The second kappa shape index (κ2) is 7.81. The predicted molar refractivity (Wildman–Crippen MR) is 80.6 cm³/mol. The van der Waals surface area contributed by atoms with Crippen LogP contribution in [0.4, 0.5) is 14.5 Å². The van der Waals surface area contributed by atoms with E-state index in [1.165, 1.54) is 18.2 Å². The number of rotatable bonds is 5. The zero-order chi connectivity index (χ0) is 18.4. The molecule has 8 nitrogen and oxygen atoms in total. The summed E-state index contributed by atoms with van der Waals surface area (Å²) in [7, 11) is 0. The lowest BCUT2D eigenvalue weighted by Gasteiger charge is -2.09. The molecule has 25 heavy (non-hydrogen) atoms. The van der Waals surface area contributed by atoms with Crippen LogP contribution < -0.4 is 15.6 Å². The molecule has 0 saturated heterocycles. The van der Waals surface area contributed by atoms with Gasteiger partial charge in [-0.1, -0.05) is 12.1 Å². The molecule has 0 bridgehead atoms. The minimum atomic E-state index is -1.09. The van der Waals surface area contributed by atoms with Crippen LogP contribution in [0.25, 0.3) is 0 Å². The summed E-state index contributed by atoms with van der Waals surface area (Å²) >= 11 is 0. The number of ether oxygens (including phenoxy) is 1. The normalized spacial score (nSPS) is 10.0. The van der Waals surface area contributed by atoms with Gasteiger partial charge in [-0.15, -0.1) is 0 Å². The number of nitro groups is 1. The van der Waals surface area contributed by atoms with Crippen molar-refractivity contribution in [3.8, 4) is 5.75 Å². The zero-order valence-corrected chi connectivity index (χ0v) is 12.5. The molecule has 10 heteroatoms. The van der Waals surface area contributed by atoms with Gasteiger partial charge in [0.1, 0.15) is 0 Å². The van der Waals surface area contributed by atoms with E-state index in [-0.39, 0.29) is 11.3 Å². The molecular weight excluding hydrogens is 340 g/mol. The van der Waals surface area contributed by atoms with Gasteiger partial charge in [-0.3, -0.25) is 30.6 Å². The van der Waals surface area contributed by atoms with Crippen molar-refractivity contribution in [1.29, 1.82) is 0 Å². The fourth-order valence-electron chi connectivity index (χ4n) is 1.73. The monoisotopic (exact) mass is 351 g/mol. The van der Waals surface area contributed by atoms with Crippen molar-refractivity contribution < 1.29 is 28.0 Å². The highest BCUT2D eigenvalue weighted by molar-refractivity contribution is 5.96. The molecule has 0 unspecified atom stereocenters. The first-order valence-corrected chi connectivity index (χ1v) is 6.79. The van der Waals surface area contributed by atoms with Gasteiger partial charge in [0.2, 0.25) is 5.82 Å². The number of nitro benzene ring substituents is 1. The molecule has 2 rings (SSSR count). The lowest BCUT2D eigenvalue weighted by Crippen LogP contribution is -2.43. The third kappa shape index (κ3) is 4.70. The molecule has 0 spiro atoms. The lowest BCUT2D eigenvalue weighted by molar-refractivity contribution is -0.387. The van der Waals surface area contributed by atoms with Crippen LogP contribution in [0.3, 0.4) is 0 Å². The standard InChI is InChI=1S/C15H11F2N3O5/c16-10-6-5-9(7-12(10)20(23)24)15(22)19-18-14(21)8-25-13-4-2-1-3-11(13)17/h1-7H,8H2,(H,18,21)(H,19,22). The van der Waals surface area contributed by atoms with Crippen LogP contribution in [0.1, 0.15) is 10.4 Å². The molecule has 2 aromatic carbocycles. The van der Waals surface area contributed by atoms with Crippen LogP contribution in [0.15, 0.2) is 42.5 Å². The number of carbonyl (C=O) groups excluding carboxylic acids is 2. The molecular formula is C15H11F2N3O5. The van der Waals surface area contributed by atoms with Gasteiger partial charge in [-0.25, -0.2) is 4.39 Å². The first-order valence-electron chi connectivity index (χ1n) is 6.79. The number of hydrogen-bond acceptors (Lipinski definition) is 5. The molecule has 0 fully saturated rings. The van der Waals surface area contributed by atoms with Crippen LogP contribution in [0.5, 0.6) is 5.75 Å². The van der Waals surface area contributed by atoms with Crippen molar-refractivity contribution >= 4 is 17.5 Å². The molecule has 2 amide bonds. The third-order valence-electron chi connectivity index (χ3n) is 2.92. The molecule has 0 saturated carbocycles. The minimum Gasteiger partial charge on any atom is -0.481 e. The highest BCUT2D eigenvalue weighted by Crippen LogP contribution is 2.18. The van der Waals surface area contributed by atoms with E-state index in [1.54, 1.807) is 0 Å². The van der Waals surface area contributed by atoms with Crippen molar-refractivity contribution in [2.45, 2.75) is 0 Å². The SMILES string of the molecule is O=C(COc1ccccc1F)NNC(=O)c1ccc(F)c([N+](=O)[O-])c1. The summed E-state index contributed by atoms with van der Waals surface area (Å²) in [5.41, 5.74) is 2.86. The summed E-state index contributed by atoms with van der Waals surface area (Å²) in [4.78, 5) is 33.0. The number of nitrogens with one attached hydrogen (secondary N) is 2. The molecule has 0 heterocycles. The van der Waals surface area contributed by atoms with Gasteiger partial charge in [0, 0.05) is 11.6 Å². The molecule has 0 radical (unpaired) electrons. The van der Waals surface area contributed by atoms with E-state index >= 15 is 0 Å². The van der Waals surface area contributed by atoms with E-state index < -0.39 is 40.7 Å². The minimum absolute atomic E-state index is 0.141. The maximum absolute atomic E-state index is 13.3. The molecule has 130 valence electrons. The third-order valence-corrected chi connectivity index (χ3v) is 2.92. The lowest BCUT2D eigenvalue weighted by atomic mass is 10.2. The van der Waals surface area contributed by atoms with Crippen LogP contribution in [-0.2, 0) is 4.79 Å². The Morgan fingerprint density at radius 3 is 2.48 bits per heavy atom. The molecule has 0 atom stereocenters. The van der Waals surface area contributed by atoms with E-state index in [2.05, 4.69) is 0 Å². The summed E-state index contributed by atoms with van der Waals surface area (Å²) in [6, 6.07) is 7.93. The molecule has 2 aromatic rings. The van der Waals surface area contributed by atoms with Crippen LogP contribution in [-0.4, -0.2) is 23.3 Å². The quantitative estimate of drug-likeness (QED) is 0.629. The average molecular weight is 351 g/mol. The average Bonchev–Trinajstić information content (AvgIpc) is 2.59. The summed E-state index contributed by atoms with van der Waals surface area (Å²) < 4.78 is 31.4. The Morgan fingerprint density at radius 1 is 1.08 bits per heavy atom. The van der Waals surface area contributed by atoms with Crippen LogP contribution in [0.2, 0.25) is 0 Å². The van der Waals surface area contributed by atoms with Gasteiger partial charge < -0.3 is 4.74 Å². The van der Waals surface area contributed by atoms with Crippen molar-refractivity contribution in [2.75, 3.05) is 6.61 Å². The van der Waals surface area contributed by atoms with Crippen LogP contribution >= 0.6 is 0 Å². The maximum atomic E-state index is 13.3. The second-order valence-electron chi connectivity index (χ2n) is 4.64. The zero-order valence-electron chi connectivity index (χ0n) is 12.5. The van der Waals surface area contributed by atoms with E-state index in [9.17, 15) is 28.5 Å². The van der Waals surface area contributed by atoms with Crippen molar-refractivity contribution in [1.82, 2.24) is 10.9 Å². The highest BCUT2D eigenvalue weighted by Gasteiger charge is 2.18. The Labute approximate surface area is 139 Å². The van der Waals surface area contributed by atoms with Gasteiger partial charge in [0.15, 0.2) is 18.2 Å². The molecule has 0 aliphatic rings. The van der Waals surface area contributed by atoms with Gasteiger partial charge >= 0.3 is 5.69 Å². The van der Waals surface area contributed by atoms with Crippen molar-refractivity contribution in [3.63, 3.8) is 0 Å². The molecule has 2 N–H and O–H groups in total. The second-order valence-corrected chi connectivity index (χ2v) is 4.64. The Morgan fingerprint density at radius 2 is 1.80 bits per heavy atom. The summed E-state index contributed by atoms with van der Waals surface area (Å²) in [5.74, 6) is -3.59. The summed E-state index contributed by atoms with van der Waals surface area (Å²) in [5, 5.41) is 10.6. The Hall–Kier alpha value is -3.56. The van der Waals surface area contributed by atoms with Gasteiger partial charge in [0.05, 0.1) is 4.92 Å². The first-order chi connectivity index (χ1) is 11.9. The first kappa shape index (κ1) is 17.8. The Bertz CT molecular complexity index is 829. The van der Waals surface area contributed by atoms with Crippen molar-refractivity contribution in [3.05, 3.63) is 69.8 Å². The number of nitrogens with zero attached hydrogens (tertiary/aromatic N) is 1. The van der Waals surface area contributed by atoms with E-state index in [1.807, 2.05) is 10.9 Å². The van der Waals surface area contributed by atoms with E-state index in [4.69, 9.17) is 4.74 Å². The van der Waals surface area contributed by atoms with Crippen molar-refractivity contribution in [2.24, 2.45) is 0 Å². The van der Waals surface area contributed by atoms with Gasteiger partial charge in [0.25, 0.3) is 11.8 Å². The smallest absolute Gasteiger partial charge is 0.305 e. The predicted octanol–water partition coefficient (Wildman–Crippen LogP) is 1.71. The molecule has 0 aliphatic carbocycles. The summed E-state index contributed by atoms with van der Waals surface area (Å²) in [6.45, 7) is -0.579. The van der Waals surface area contributed by atoms with Gasteiger partial charge in [-0.2, -0.15) is 4.39 Å². The molecule has 0 aromatic heterocycles. The fraction of sp³-hybridized carbons (Fsp3) is 0.0667. The highest BCUT2D eigenvalue weighted by atomic mass is 19.1. The maximum Gasteiger partial charge on any atom is 0.305 e. The largest absolute Gasteiger partial charge is 0.481 e. The summed E-state index contributed by atoms with van der Waals surface area (Å²) in [6.07, 6.45) is 0. The van der Waals surface area contributed by atoms with E-state index in [0.717, 1.165) is 24.3 Å². The Kier molecular flexibility index (Phi) is 5.56.